The maximum atomic E-state index is 13.5. The van der Waals surface area contributed by atoms with Gasteiger partial charge < -0.3 is 4.90 Å². The highest BCUT2D eigenvalue weighted by Crippen LogP contribution is 2.28. The van der Waals surface area contributed by atoms with E-state index in [1.54, 1.807) is 28.6 Å². The molecule has 32 heavy (non-hydrogen) atoms. The van der Waals surface area contributed by atoms with E-state index in [4.69, 9.17) is 0 Å². The van der Waals surface area contributed by atoms with Crippen molar-refractivity contribution in [2.45, 2.75) is 19.5 Å². The van der Waals surface area contributed by atoms with Gasteiger partial charge in [-0.25, -0.2) is 4.98 Å². The third kappa shape index (κ3) is 4.70. The smallest absolute Gasteiger partial charge is 0.274 e. The van der Waals surface area contributed by atoms with Gasteiger partial charge in [-0.05, 0) is 36.8 Å². The zero-order valence-corrected chi connectivity index (χ0v) is 18.1. The highest BCUT2D eigenvalue weighted by atomic mass is 32.1. The van der Waals surface area contributed by atoms with Crippen molar-refractivity contribution in [1.82, 2.24) is 14.9 Å². The monoisotopic (exact) mass is 444 g/mol. The minimum Gasteiger partial charge on any atom is -0.325 e. The van der Waals surface area contributed by atoms with Crippen molar-refractivity contribution < 1.29 is 9.72 Å². The first-order valence-electron chi connectivity index (χ1n) is 9.99. The molecule has 1 atom stereocenters. The van der Waals surface area contributed by atoms with Gasteiger partial charge in [0.2, 0.25) is 0 Å². The molecule has 0 spiro atoms. The lowest BCUT2D eigenvalue weighted by Crippen LogP contribution is -2.33. The van der Waals surface area contributed by atoms with Gasteiger partial charge in [-0.15, -0.1) is 11.3 Å². The second kappa shape index (κ2) is 9.49. The van der Waals surface area contributed by atoms with Crippen LogP contribution in [0.5, 0.6) is 0 Å². The third-order valence-corrected chi connectivity index (χ3v) is 5.98. The Hall–Kier alpha value is -3.91. The molecule has 2 heterocycles. The van der Waals surface area contributed by atoms with Gasteiger partial charge in [-0.2, -0.15) is 0 Å². The molecule has 1 amide bonds. The van der Waals surface area contributed by atoms with Gasteiger partial charge in [0.1, 0.15) is 10.7 Å². The molecule has 0 saturated carbocycles. The van der Waals surface area contributed by atoms with Gasteiger partial charge in [-0.3, -0.25) is 19.9 Å². The third-order valence-electron chi connectivity index (χ3n) is 5.09. The summed E-state index contributed by atoms with van der Waals surface area (Å²) in [4.78, 5) is 34.7. The summed E-state index contributed by atoms with van der Waals surface area (Å²) in [5.74, 6) is -0.198. The quantitative estimate of drug-likeness (QED) is 0.277. The number of aromatic nitrogens is 2. The van der Waals surface area contributed by atoms with E-state index >= 15 is 0 Å². The van der Waals surface area contributed by atoms with Crippen LogP contribution in [0.2, 0.25) is 0 Å². The van der Waals surface area contributed by atoms with E-state index in [0.717, 1.165) is 16.8 Å². The van der Waals surface area contributed by atoms with Crippen LogP contribution in [0, 0.1) is 10.1 Å². The molecular formula is C24H20N4O3S. The summed E-state index contributed by atoms with van der Waals surface area (Å²) in [5, 5.41) is 13.2. The number of pyridine rings is 1. The molecule has 160 valence electrons. The summed E-state index contributed by atoms with van der Waals surface area (Å²) >= 11 is 1.33. The number of nitro groups is 1. The Morgan fingerprint density at radius 2 is 1.78 bits per heavy atom. The van der Waals surface area contributed by atoms with E-state index in [0.29, 0.717) is 17.2 Å². The second-order valence-corrected chi connectivity index (χ2v) is 8.05. The molecule has 0 fully saturated rings. The van der Waals surface area contributed by atoms with Gasteiger partial charge >= 0.3 is 0 Å². The van der Waals surface area contributed by atoms with E-state index in [1.165, 1.54) is 23.5 Å². The Bertz CT molecular complexity index is 1210. The molecule has 0 aliphatic rings. The maximum absolute atomic E-state index is 13.5. The van der Waals surface area contributed by atoms with E-state index < -0.39 is 4.92 Å². The molecule has 0 aliphatic heterocycles. The summed E-state index contributed by atoms with van der Waals surface area (Å²) in [5.41, 5.74) is 2.88. The molecular weight excluding hydrogens is 424 g/mol. The molecule has 0 radical (unpaired) electrons. The van der Waals surface area contributed by atoms with Crippen molar-refractivity contribution in [2.75, 3.05) is 0 Å². The van der Waals surface area contributed by atoms with Gasteiger partial charge in [0.25, 0.3) is 11.6 Å². The van der Waals surface area contributed by atoms with Crippen molar-refractivity contribution in [3.05, 3.63) is 111 Å². The Kier molecular flexibility index (Phi) is 6.32. The van der Waals surface area contributed by atoms with Crippen LogP contribution in [0.3, 0.4) is 0 Å². The van der Waals surface area contributed by atoms with E-state index in [2.05, 4.69) is 9.97 Å². The minimum absolute atomic E-state index is 0.0137. The van der Waals surface area contributed by atoms with Crippen LogP contribution >= 0.6 is 11.3 Å². The van der Waals surface area contributed by atoms with E-state index in [9.17, 15) is 14.9 Å². The molecule has 0 bridgehead atoms. The predicted molar refractivity (Wildman–Crippen MR) is 123 cm³/mol. The minimum atomic E-state index is -0.443. The zero-order chi connectivity index (χ0) is 22.5. The fraction of sp³-hybridized carbons (Fsp3) is 0.125. The molecule has 4 rings (SSSR count). The maximum Gasteiger partial charge on any atom is 0.274 e. The number of benzene rings is 2. The summed E-state index contributed by atoms with van der Waals surface area (Å²) < 4.78 is 0. The molecule has 4 aromatic rings. The average molecular weight is 445 g/mol. The van der Waals surface area contributed by atoms with Crippen molar-refractivity contribution in [1.29, 1.82) is 0 Å². The Morgan fingerprint density at radius 1 is 1.06 bits per heavy atom. The number of rotatable bonds is 7. The molecule has 1 unspecified atom stereocenters. The summed E-state index contributed by atoms with van der Waals surface area (Å²) in [6.45, 7) is 2.37. The number of thiazole rings is 1. The standard InChI is InChI=1S/C24H20N4O3S/c1-17(21-9-5-6-14-25-21)27(15-18-7-3-2-4-8-18)24(29)22-16-32-23(26-22)19-10-12-20(13-11-19)28(30)31/h2-14,16-17H,15H2,1H3. The summed E-state index contributed by atoms with van der Waals surface area (Å²) in [6, 6.07) is 21.3. The van der Waals surface area contributed by atoms with Gasteiger partial charge in [-0.1, -0.05) is 36.4 Å². The van der Waals surface area contributed by atoms with Crippen molar-refractivity contribution >= 4 is 22.9 Å². The lowest BCUT2D eigenvalue weighted by molar-refractivity contribution is -0.384. The van der Waals surface area contributed by atoms with Crippen LogP contribution in [-0.2, 0) is 6.54 Å². The average Bonchev–Trinajstić information content (AvgIpc) is 3.33. The molecule has 0 N–H and O–H groups in total. The molecule has 2 aromatic carbocycles. The SMILES string of the molecule is CC(c1ccccn1)N(Cc1ccccc1)C(=O)c1csc(-c2ccc([N+](=O)[O-])cc2)n1. The molecule has 0 saturated heterocycles. The second-order valence-electron chi connectivity index (χ2n) is 7.19. The normalized spacial score (nSPS) is 11.7. The number of nitrogens with zero attached hydrogens (tertiary/aromatic N) is 4. The molecule has 7 nitrogen and oxygen atoms in total. The molecule has 0 aliphatic carbocycles. The highest BCUT2D eigenvalue weighted by molar-refractivity contribution is 7.13. The number of nitro benzene ring substituents is 1. The first-order chi connectivity index (χ1) is 15.5. The van der Waals surface area contributed by atoms with Crippen LogP contribution in [0.1, 0.15) is 34.7 Å². The number of hydrogen-bond donors (Lipinski definition) is 0. The molecule has 2 aromatic heterocycles. The highest BCUT2D eigenvalue weighted by Gasteiger charge is 2.26. The van der Waals surface area contributed by atoms with Crippen LogP contribution in [0.25, 0.3) is 10.6 Å². The summed E-state index contributed by atoms with van der Waals surface area (Å²) in [6.07, 6.45) is 1.71. The van der Waals surface area contributed by atoms with Gasteiger partial charge in [0.05, 0.1) is 16.7 Å². The van der Waals surface area contributed by atoms with Crippen molar-refractivity contribution in [3.8, 4) is 10.6 Å². The Balaban J connectivity index is 1.62. The van der Waals surface area contributed by atoms with Crippen molar-refractivity contribution in [2.24, 2.45) is 0 Å². The summed E-state index contributed by atoms with van der Waals surface area (Å²) in [7, 11) is 0. The fourth-order valence-corrected chi connectivity index (χ4v) is 4.12. The van der Waals surface area contributed by atoms with Crippen LogP contribution in [0.4, 0.5) is 5.69 Å². The largest absolute Gasteiger partial charge is 0.325 e. The van der Waals surface area contributed by atoms with Gasteiger partial charge in [0.15, 0.2) is 0 Å². The Morgan fingerprint density at radius 3 is 2.44 bits per heavy atom. The number of non-ortho nitro benzene ring substituents is 1. The number of carbonyl (C=O) groups excluding carboxylic acids is 1. The van der Waals surface area contributed by atoms with Crippen molar-refractivity contribution in [3.63, 3.8) is 0 Å². The zero-order valence-electron chi connectivity index (χ0n) is 17.3. The fourth-order valence-electron chi connectivity index (χ4n) is 3.32. The number of hydrogen-bond acceptors (Lipinski definition) is 6. The predicted octanol–water partition coefficient (Wildman–Crippen LogP) is 5.52. The topological polar surface area (TPSA) is 89.2 Å². The van der Waals surface area contributed by atoms with Crippen LogP contribution in [-0.4, -0.2) is 25.7 Å². The first kappa shape index (κ1) is 21.3. The number of amides is 1. The first-order valence-corrected chi connectivity index (χ1v) is 10.9. The lowest BCUT2D eigenvalue weighted by Gasteiger charge is -2.28. The van der Waals surface area contributed by atoms with Gasteiger partial charge in [0, 0.05) is 35.8 Å². The number of carbonyl (C=O) groups is 1. The Labute approximate surface area is 189 Å². The van der Waals surface area contributed by atoms with Crippen LogP contribution < -0.4 is 0 Å². The van der Waals surface area contributed by atoms with E-state index in [-0.39, 0.29) is 17.6 Å². The van der Waals surface area contributed by atoms with Crippen LogP contribution in [0.15, 0.2) is 84.4 Å². The van der Waals surface area contributed by atoms with E-state index in [1.807, 2.05) is 55.5 Å². The molecule has 8 heteroatoms. The lowest BCUT2D eigenvalue weighted by atomic mass is 10.1.